The van der Waals surface area contributed by atoms with E-state index in [0.29, 0.717) is 6.61 Å². The minimum atomic E-state index is -2.21. The lowest BCUT2D eigenvalue weighted by molar-refractivity contribution is 0.0191. The van der Waals surface area contributed by atoms with E-state index in [1.54, 1.807) is 0 Å². The molecule has 76 valence electrons. The summed E-state index contributed by atoms with van der Waals surface area (Å²) < 4.78 is 26.0. The highest BCUT2D eigenvalue weighted by Crippen LogP contribution is 2.35. The van der Waals surface area contributed by atoms with E-state index in [1.165, 1.54) is 0 Å². The molecule has 0 radical (unpaired) electrons. The highest BCUT2D eigenvalue weighted by atomic mass is 32.7. The van der Waals surface area contributed by atoms with E-state index in [4.69, 9.17) is 9.26 Å². The molecule has 1 fully saturated rings. The summed E-state index contributed by atoms with van der Waals surface area (Å²) in [6.07, 6.45) is 0.346. The number of hydrogen-bond acceptors (Lipinski definition) is 5. The predicted octanol–water partition coefficient (Wildman–Crippen LogP) is 0.301. The van der Waals surface area contributed by atoms with Gasteiger partial charge in [-0.25, -0.2) is 0 Å². The van der Waals surface area contributed by atoms with Crippen molar-refractivity contribution in [2.45, 2.75) is 24.6 Å². The third kappa shape index (κ3) is 3.85. The zero-order chi connectivity index (χ0) is 9.84. The third-order valence-electron chi connectivity index (χ3n) is 1.88. The quantitative estimate of drug-likeness (QED) is 0.322. The summed E-state index contributed by atoms with van der Waals surface area (Å²) in [5.41, 5.74) is 0. The van der Waals surface area contributed by atoms with Crippen molar-refractivity contribution in [1.82, 2.24) is 0 Å². The Morgan fingerprint density at radius 2 is 2.38 bits per heavy atom. The fraction of sp³-hybridized carbons (Fsp3) is 1.00. The van der Waals surface area contributed by atoms with Gasteiger partial charge in [0.05, 0.1) is 12.7 Å². The maximum absolute atomic E-state index is 10.8. The van der Waals surface area contributed by atoms with Gasteiger partial charge in [0.1, 0.15) is 14.0 Å². The molecule has 0 aromatic rings. The summed E-state index contributed by atoms with van der Waals surface area (Å²) in [4.78, 5) is 0. The minimum absolute atomic E-state index is 0.105. The Morgan fingerprint density at radius 3 is 2.92 bits per heavy atom. The van der Waals surface area contributed by atoms with Crippen LogP contribution in [0.25, 0.3) is 0 Å². The maximum Gasteiger partial charge on any atom is 0.243 e. The van der Waals surface area contributed by atoms with E-state index in [9.17, 15) is 4.57 Å². The van der Waals surface area contributed by atoms with Gasteiger partial charge in [-0.05, 0) is 19.3 Å². The lowest BCUT2D eigenvalue weighted by Gasteiger charge is -2.15. The largest absolute Gasteiger partial charge is 0.379 e. The Morgan fingerprint density at radius 1 is 1.69 bits per heavy atom. The van der Waals surface area contributed by atoms with E-state index in [0.717, 1.165) is 6.42 Å². The zero-order valence-electron chi connectivity index (χ0n) is 7.17. The van der Waals surface area contributed by atoms with Crippen LogP contribution in [0.1, 0.15) is 6.42 Å². The van der Waals surface area contributed by atoms with Crippen molar-refractivity contribution in [2.75, 3.05) is 6.61 Å². The molecule has 0 bridgehead atoms. The topological polar surface area (TPSA) is 44.8 Å². The summed E-state index contributed by atoms with van der Waals surface area (Å²) in [6, 6.07) is 0.105. The molecule has 1 heterocycles. The smallest absolute Gasteiger partial charge is 0.243 e. The van der Waals surface area contributed by atoms with Crippen LogP contribution in [0.4, 0.5) is 0 Å². The van der Waals surface area contributed by atoms with E-state index in [1.807, 2.05) is 7.85 Å². The van der Waals surface area contributed by atoms with Gasteiger partial charge in [-0.3, -0.25) is 4.57 Å². The highest BCUT2D eigenvalue weighted by molar-refractivity contribution is 8.39. The first kappa shape index (κ1) is 11.9. The Balaban J connectivity index is 2.45. The number of hydrogen-bond donors (Lipinski definition) is 2. The average Bonchev–Trinajstić information content (AvgIpc) is 2.31. The van der Waals surface area contributed by atoms with E-state index in [2.05, 4.69) is 29.3 Å². The summed E-state index contributed by atoms with van der Waals surface area (Å²) in [5, 5.41) is 0. The number of thiol groups is 2. The van der Waals surface area contributed by atoms with Gasteiger partial charge in [-0.1, -0.05) is 12.2 Å². The van der Waals surface area contributed by atoms with Crippen molar-refractivity contribution in [3.63, 3.8) is 0 Å². The van der Waals surface area contributed by atoms with E-state index >= 15 is 0 Å². The summed E-state index contributed by atoms with van der Waals surface area (Å²) in [5.74, 6) is 0. The average molecular weight is 242 g/mol. The van der Waals surface area contributed by atoms with Gasteiger partial charge >= 0.3 is 0 Å². The monoisotopic (exact) mass is 242 g/mol. The molecule has 8 heteroatoms. The lowest BCUT2D eigenvalue weighted by atomic mass is 9.96. The van der Waals surface area contributed by atoms with Crippen LogP contribution in [0.15, 0.2) is 0 Å². The van der Waals surface area contributed by atoms with Crippen LogP contribution in [0.2, 0.25) is 0 Å². The molecule has 1 aliphatic heterocycles. The van der Waals surface area contributed by atoms with Crippen molar-refractivity contribution < 1.29 is 18.0 Å². The Labute approximate surface area is 89.7 Å². The molecule has 0 saturated carbocycles. The normalized spacial score (nSPS) is 36.3. The first-order chi connectivity index (χ1) is 6.13. The number of ether oxygens (including phenoxy) is 1. The Bertz CT molecular complexity index is 195. The lowest BCUT2D eigenvalue weighted by Crippen LogP contribution is -2.26. The predicted molar refractivity (Wildman–Crippen MR) is 59.6 cm³/mol. The van der Waals surface area contributed by atoms with Gasteiger partial charge in [0.15, 0.2) is 0 Å². The van der Waals surface area contributed by atoms with Gasteiger partial charge in [0, 0.05) is 6.00 Å². The van der Waals surface area contributed by atoms with Crippen molar-refractivity contribution in [1.29, 1.82) is 0 Å². The van der Waals surface area contributed by atoms with Crippen LogP contribution in [-0.2, 0) is 18.0 Å². The van der Waals surface area contributed by atoms with Gasteiger partial charge in [-0.2, -0.15) is 0 Å². The van der Waals surface area contributed by atoms with E-state index in [-0.39, 0.29) is 18.2 Å². The molecule has 13 heavy (non-hydrogen) atoms. The van der Waals surface area contributed by atoms with Crippen LogP contribution in [0.5, 0.6) is 0 Å². The van der Waals surface area contributed by atoms with Crippen LogP contribution >= 0.6 is 32.4 Å². The molecule has 4 nitrogen and oxygen atoms in total. The summed E-state index contributed by atoms with van der Waals surface area (Å²) in [7, 11) is -0.272. The fourth-order valence-corrected chi connectivity index (χ4v) is 2.45. The second-order valence-corrected chi connectivity index (χ2v) is 5.06. The fourth-order valence-electron chi connectivity index (χ4n) is 1.39. The highest BCUT2D eigenvalue weighted by Gasteiger charge is 2.34. The summed E-state index contributed by atoms with van der Waals surface area (Å²) >= 11 is 7.35. The van der Waals surface area contributed by atoms with Crippen molar-refractivity contribution in [3.8, 4) is 0 Å². The van der Waals surface area contributed by atoms with Crippen LogP contribution < -0.4 is 0 Å². The number of rotatable bonds is 4. The second-order valence-electron chi connectivity index (χ2n) is 2.94. The van der Waals surface area contributed by atoms with E-state index < -0.39 is 7.23 Å². The molecule has 0 spiro atoms. The first-order valence-corrected chi connectivity index (χ1v) is 6.92. The minimum Gasteiger partial charge on any atom is -0.379 e. The molecule has 2 unspecified atom stereocenters. The van der Waals surface area contributed by atoms with Crippen molar-refractivity contribution >= 4 is 40.2 Å². The van der Waals surface area contributed by atoms with Crippen molar-refractivity contribution in [3.05, 3.63) is 0 Å². The molecule has 0 aromatic heterocycles. The Hall–Kier alpha value is 0.875. The standard InChI is InChI=1S/C5H12BO4PS2/c6-5-1-3(10-11(7)13)4(9-5)2-8-12/h3-5,11-12H,1-2,6H2,(H,7,13)/t3?,4-,5-/m1/s1. The van der Waals surface area contributed by atoms with Crippen molar-refractivity contribution in [2.24, 2.45) is 0 Å². The van der Waals surface area contributed by atoms with Crippen LogP contribution in [0, 0.1) is 0 Å². The molecular formula is C5H12BO4PS2. The Kier molecular flexibility index (Phi) is 5.22. The molecule has 4 atom stereocenters. The molecule has 0 amide bonds. The van der Waals surface area contributed by atoms with Gasteiger partial charge < -0.3 is 13.4 Å². The van der Waals surface area contributed by atoms with Gasteiger partial charge in [0.2, 0.25) is 7.23 Å². The zero-order valence-corrected chi connectivity index (χ0v) is 9.96. The molecular weight excluding hydrogens is 230 g/mol. The first-order valence-electron chi connectivity index (χ1n) is 3.95. The SMILES string of the molecule is B[C@H]1CC(O[PH](=O)S)[C@@H](COS)O1. The van der Waals surface area contributed by atoms with Crippen LogP contribution in [0.3, 0.4) is 0 Å². The molecule has 0 N–H and O–H groups in total. The van der Waals surface area contributed by atoms with Gasteiger partial charge in [-0.15, -0.1) is 0 Å². The molecule has 1 aliphatic rings. The summed E-state index contributed by atoms with van der Waals surface area (Å²) in [6.45, 7) is 0.334. The maximum atomic E-state index is 10.8. The van der Waals surface area contributed by atoms with Crippen LogP contribution in [-0.4, -0.2) is 32.7 Å². The molecule has 1 rings (SSSR count). The molecule has 1 saturated heterocycles. The van der Waals surface area contributed by atoms with Gasteiger partial charge in [0.25, 0.3) is 0 Å². The molecule has 0 aromatic carbocycles. The second kappa shape index (κ2) is 5.68. The third-order valence-corrected chi connectivity index (χ3v) is 2.85. The molecule has 0 aliphatic carbocycles.